The van der Waals surface area contributed by atoms with Crippen LogP contribution in [0.4, 0.5) is 0 Å². The fraction of sp³-hybridized carbons (Fsp3) is 0.818. The summed E-state index contributed by atoms with van der Waals surface area (Å²) < 4.78 is 9.95. The van der Waals surface area contributed by atoms with Crippen molar-refractivity contribution in [2.75, 3.05) is 45.9 Å². The molecule has 1 aliphatic rings. The van der Waals surface area contributed by atoms with Gasteiger partial charge >= 0.3 is 0 Å². The van der Waals surface area contributed by atoms with E-state index in [1.807, 2.05) is 6.92 Å². The summed E-state index contributed by atoms with van der Waals surface area (Å²) in [5.74, 6) is 0. The summed E-state index contributed by atoms with van der Waals surface area (Å²) in [7, 11) is 0. The number of ether oxygens (including phenoxy) is 1. The second-order valence-electron chi connectivity index (χ2n) is 4.31. The average Bonchev–Trinajstić information content (AvgIpc) is 2.78. The molecule has 0 saturated carbocycles. The van der Waals surface area contributed by atoms with E-state index in [4.69, 9.17) is 16.3 Å². The molecule has 18 heavy (non-hydrogen) atoms. The van der Waals surface area contributed by atoms with Crippen LogP contribution in [-0.4, -0.2) is 65.3 Å². The Morgan fingerprint density at radius 1 is 1.28 bits per heavy atom. The van der Waals surface area contributed by atoms with E-state index >= 15 is 0 Å². The highest BCUT2D eigenvalue weighted by molar-refractivity contribution is 7.10. The van der Waals surface area contributed by atoms with Crippen molar-refractivity contribution in [3.05, 3.63) is 10.0 Å². The zero-order valence-corrected chi connectivity index (χ0v) is 12.2. The number of hydrogen-bond acceptors (Lipinski definition) is 6. The number of nitrogens with zero attached hydrogens (tertiary/aromatic N) is 4. The van der Waals surface area contributed by atoms with Crippen molar-refractivity contribution in [1.29, 1.82) is 0 Å². The number of rotatable bonds is 6. The largest absolute Gasteiger partial charge is 0.380 e. The molecule has 0 aliphatic carbocycles. The summed E-state index contributed by atoms with van der Waals surface area (Å²) >= 11 is 7.27. The Bertz CT molecular complexity index is 355. The molecule has 5 nitrogen and oxygen atoms in total. The van der Waals surface area contributed by atoms with E-state index in [9.17, 15) is 0 Å². The Morgan fingerprint density at radius 2 is 2.00 bits per heavy atom. The van der Waals surface area contributed by atoms with Gasteiger partial charge in [-0.3, -0.25) is 9.80 Å². The SMILES string of the molecule is CCOCCN1CCN(Cc2nnsc2Cl)CC1. The van der Waals surface area contributed by atoms with Crippen LogP contribution in [-0.2, 0) is 11.3 Å². The van der Waals surface area contributed by atoms with Gasteiger partial charge < -0.3 is 4.74 Å². The second kappa shape index (κ2) is 7.35. The van der Waals surface area contributed by atoms with Gasteiger partial charge in [0, 0.05) is 57.4 Å². The van der Waals surface area contributed by atoms with E-state index < -0.39 is 0 Å². The molecule has 0 radical (unpaired) electrons. The molecule has 0 amide bonds. The number of hydrogen-bond donors (Lipinski definition) is 0. The van der Waals surface area contributed by atoms with E-state index in [2.05, 4.69) is 19.4 Å². The summed E-state index contributed by atoms with van der Waals surface area (Å²) in [6.45, 7) is 9.79. The van der Waals surface area contributed by atoms with Gasteiger partial charge in [0.25, 0.3) is 0 Å². The summed E-state index contributed by atoms with van der Waals surface area (Å²) in [6, 6.07) is 0. The monoisotopic (exact) mass is 290 g/mol. The molecule has 0 N–H and O–H groups in total. The Hall–Kier alpha value is -0.270. The molecular formula is C11H19ClN4OS. The van der Waals surface area contributed by atoms with Crippen molar-refractivity contribution < 1.29 is 4.74 Å². The Balaban J connectivity index is 1.69. The van der Waals surface area contributed by atoms with Crippen molar-refractivity contribution in [3.63, 3.8) is 0 Å². The molecule has 0 spiro atoms. The van der Waals surface area contributed by atoms with E-state index in [1.54, 1.807) is 0 Å². The summed E-state index contributed by atoms with van der Waals surface area (Å²) in [6.07, 6.45) is 0. The number of piperazine rings is 1. The molecule has 1 aromatic heterocycles. The standard InChI is InChI=1S/C11H19ClN4OS/c1-2-17-8-7-15-3-5-16(6-4-15)9-10-11(12)18-14-13-10/h2-9H2,1H3. The molecule has 2 rings (SSSR count). The van der Waals surface area contributed by atoms with Crippen molar-refractivity contribution in [2.45, 2.75) is 13.5 Å². The maximum Gasteiger partial charge on any atom is 0.138 e. The quantitative estimate of drug-likeness (QED) is 0.740. The molecule has 0 bridgehead atoms. The number of halogens is 1. The molecule has 1 aromatic rings. The van der Waals surface area contributed by atoms with E-state index in [1.165, 1.54) is 11.5 Å². The van der Waals surface area contributed by atoms with E-state index in [0.717, 1.165) is 58.2 Å². The van der Waals surface area contributed by atoms with Crippen molar-refractivity contribution in [1.82, 2.24) is 19.4 Å². The van der Waals surface area contributed by atoms with Gasteiger partial charge in [-0.1, -0.05) is 16.1 Å². The highest BCUT2D eigenvalue weighted by atomic mass is 35.5. The molecule has 0 atom stereocenters. The molecule has 0 aromatic carbocycles. The highest BCUT2D eigenvalue weighted by Gasteiger charge is 2.18. The smallest absolute Gasteiger partial charge is 0.138 e. The fourth-order valence-electron chi connectivity index (χ4n) is 2.01. The lowest BCUT2D eigenvalue weighted by Gasteiger charge is -2.34. The van der Waals surface area contributed by atoms with Crippen molar-refractivity contribution in [2.24, 2.45) is 0 Å². The minimum atomic E-state index is 0.716. The molecule has 102 valence electrons. The molecule has 0 unspecified atom stereocenters. The fourth-order valence-corrected chi connectivity index (χ4v) is 2.62. The summed E-state index contributed by atoms with van der Waals surface area (Å²) in [5, 5.41) is 4.05. The van der Waals surface area contributed by atoms with Gasteiger partial charge in [-0.15, -0.1) is 5.10 Å². The Labute approximate surface area is 117 Å². The maximum atomic E-state index is 6.01. The minimum Gasteiger partial charge on any atom is -0.380 e. The van der Waals surface area contributed by atoms with Crippen LogP contribution >= 0.6 is 23.1 Å². The van der Waals surface area contributed by atoms with Gasteiger partial charge in [0.1, 0.15) is 10.0 Å². The zero-order valence-electron chi connectivity index (χ0n) is 10.6. The second-order valence-corrected chi connectivity index (χ2v) is 5.66. The van der Waals surface area contributed by atoms with Crippen LogP contribution in [0.15, 0.2) is 0 Å². The first kappa shape index (κ1) is 14.1. The lowest BCUT2D eigenvalue weighted by Crippen LogP contribution is -2.46. The Morgan fingerprint density at radius 3 is 2.61 bits per heavy atom. The summed E-state index contributed by atoms with van der Waals surface area (Å²) in [4.78, 5) is 4.81. The molecule has 1 saturated heterocycles. The number of aromatic nitrogens is 2. The molecule has 2 heterocycles. The average molecular weight is 291 g/mol. The van der Waals surface area contributed by atoms with Crippen molar-refractivity contribution in [3.8, 4) is 0 Å². The predicted molar refractivity (Wildman–Crippen MR) is 73.1 cm³/mol. The Kier molecular flexibility index (Phi) is 5.78. The van der Waals surface area contributed by atoms with Gasteiger partial charge in [0.15, 0.2) is 0 Å². The first-order chi connectivity index (χ1) is 8.79. The topological polar surface area (TPSA) is 41.5 Å². The van der Waals surface area contributed by atoms with Gasteiger partial charge in [0.2, 0.25) is 0 Å². The predicted octanol–water partition coefficient (Wildman–Crippen LogP) is 1.35. The highest BCUT2D eigenvalue weighted by Crippen LogP contribution is 2.19. The van der Waals surface area contributed by atoms with Gasteiger partial charge in [-0.05, 0) is 6.92 Å². The third kappa shape index (κ3) is 4.13. The van der Waals surface area contributed by atoms with Crippen LogP contribution in [0.1, 0.15) is 12.6 Å². The zero-order chi connectivity index (χ0) is 12.8. The summed E-state index contributed by atoms with van der Waals surface area (Å²) in [5.41, 5.74) is 0.907. The van der Waals surface area contributed by atoms with Crippen LogP contribution in [0.3, 0.4) is 0 Å². The molecule has 7 heteroatoms. The van der Waals surface area contributed by atoms with Gasteiger partial charge in [0.05, 0.1) is 6.61 Å². The third-order valence-corrected chi connectivity index (χ3v) is 4.09. The first-order valence-corrected chi connectivity index (χ1v) is 7.44. The van der Waals surface area contributed by atoms with Gasteiger partial charge in [-0.25, -0.2) is 0 Å². The van der Waals surface area contributed by atoms with Gasteiger partial charge in [-0.2, -0.15) is 0 Å². The van der Waals surface area contributed by atoms with Crippen LogP contribution in [0, 0.1) is 0 Å². The molecule has 1 fully saturated rings. The first-order valence-electron chi connectivity index (χ1n) is 6.28. The lowest BCUT2D eigenvalue weighted by atomic mass is 10.3. The van der Waals surface area contributed by atoms with Crippen LogP contribution in [0.2, 0.25) is 4.34 Å². The third-order valence-electron chi connectivity index (χ3n) is 3.10. The maximum absolute atomic E-state index is 6.01. The molecule has 1 aliphatic heterocycles. The minimum absolute atomic E-state index is 0.716. The van der Waals surface area contributed by atoms with Crippen LogP contribution in [0.5, 0.6) is 0 Å². The lowest BCUT2D eigenvalue weighted by molar-refractivity contribution is 0.0782. The van der Waals surface area contributed by atoms with Crippen molar-refractivity contribution >= 4 is 23.1 Å². The molecular weight excluding hydrogens is 272 g/mol. The van der Waals surface area contributed by atoms with Crippen LogP contribution in [0.25, 0.3) is 0 Å². The van der Waals surface area contributed by atoms with Crippen LogP contribution < -0.4 is 0 Å². The van der Waals surface area contributed by atoms with E-state index in [-0.39, 0.29) is 0 Å². The normalized spacial score (nSPS) is 18.3. The van der Waals surface area contributed by atoms with E-state index in [0.29, 0.717) is 4.34 Å².